The molecular formula is C16H17ClN4O5. The molecule has 1 aliphatic heterocycles. The zero-order valence-corrected chi connectivity index (χ0v) is 14.8. The molecule has 0 bridgehead atoms. The van der Waals surface area contributed by atoms with E-state index in [0.29, 0.717) is 38.4 Å². The Hall–Kier alpha value is -2.65. The van der Waals surface area contributed by atoms with Crippen LogP contribution in [0.25, 0.3) is 0 Å². The molecule has 2 heterocycles. The Kier molecular flexibility index (Phi) is 5.38. The number of carbonyl (C=O) groups excluding carboxylic acids is 1. The number of nitro benzene ring substituents is 1. The van der Waals surface area contributed by atoms with Crippen LogP contribution in [-0.2, 0) is 11.3 Å². The summed E-state index contributed by atoms with van der Waals surface area (Å²) in [6, 6.07) is 4.44. The lowest BCUT2D eigenvalue weighted by atomic mass is 10.1. The van der Waals surface area contributed by atoms with Crippen LogP contribution in [0.2, 0.25) is 5.02 Å². The first-order chi connectivity index (χ1) is 12.5. The van der Waals surface area contributed by atoms with E-state index < -0.39 is 10.9 Å². The number of aromatic nitrogens is 1. The van der Waals surface area contributed by atoms with Crippen LogP contribution < -0.4 is 4.90 Å². The highest BCUT2D eigenvalue weighted by molar-refractivity contribution is 6.34. The number of benzene rings is 1. The number of halogens is 1. The minimum atomic E-state index is -0.706. The Morgan fingerprint density at radius 3 is 2.69 bits per heavy atom. The third kappa shape index (κ3) is 3.78. The van der Waals surface area contributed by atoms with Gasteiger partial charge in [0.05, 0.1) is 28.3 Å². The van der Waals surface area contributed by atoms with Crippen molar-refractivity contribution in [1.29, 1.82) is 0 Å². The third-order valence-electron chi connectivity index (χ3n) is 4.26. The molecule has 138 valence electrons. The number of nitrogens with zero attached hydrogens (tertiary/aromatic N) is 4. The van der Waals surface area contributed by atoms with Crippen LogP contribution in [0.1, 0.15) is 16.1 Å². The van der Waals surface area contributed by atoms with E-state index in [2.05, 4.69) is 14.8 Å². The Morgan fingerprint density at radius 1 is 1.38 bits per heavy atom. The van der Waals surface area contributed by atoms with E-state index in [1.807, 2.05) is 11.0 Å². The number of esters is 1. The van der Waals surface area contributed by atoms with Crippen molar-refractivity contribution in [1.82, 2.24) is 10.1 Å². The molecular weight excluding hydrogens is 364 g/mol. The Balaban J connectivity index is 1.78. The first-order valence-electron chi connectivity index (χ1n) is 7.92. The highest BCUT2D eigenvalue weighted by Crippen LogP contribution is 2.35. The van der Waals surface area contributed by atoms with E-state index in [1.165, 1.54) is 25.5 Å². The molecule has 1 saturated heterocycles. The standard InChI is InChI=1S/C16H17ClN4O5/c1-25-16(22)12-8-15(21(23)24)14(9-13(12)17)20-5-3-19(4-6-20)10-11-2-7-26-18-11/h2,7-9H,3-6,10H2,1H3. The molecule has 1 aliphatic rings. The summed E-state index contributed by atoms with van der Waals surface area (Å²) in [4.78, 5) is 26.8. The topological polar surface area (TPSA) is 102 Å². The monoisotopic (exact) mass is 380 g/mol. The van der Waals surface area contributed by atoms with Gasteiger partial charge in [0.1, 0.15) is 12.0 Å². The van der Waals surface area contributed by atoms with Gasteiger partial charge in [-0.3, -0.25) is 15.0 Å². The van der Waals surface area contributed by atoms with Gasteiger partial charge in [-0.2, -0.15) is 0 Å². The van der Waals surface area contributed by atoms with Gasteiger partial charge in [0.15, 0.2) is 0 Å². The molecule has 0 amide bonds. The second-order valence-corrected chi connectivity index (χ2v) is 6.23. The molecule has 1 aromatic heterocycles. The summed E-state index contributed by atoms with van der Waals surface area (Å²) >= 11 is 6.14. The van der Waals surface area contributed by atoms with Gasteiger partial charge < -0.3 is 14.2 Å². The molecule has 0 atom stereocenters. The lowest BCUT2D eigenvalue weighted by Crippen LogP contribution is -2.46. The van der Waals surface area contributed by atoms with Gasteiger partial charge in [0.25, 0.3) is 5.69 Å². The molecule has 1 fully saturated rings. The molecule has 0 aliphatic carbocycles. The maximum atomic E-state index is 11.7. The van der Waals surface area contributed by atoms with E-state index >= 15 is 0 Å². The number of rotatable bonds is 5. The van der Waals surface area contributed by atoms with Crippen LogP contribution in [0.5, 0.6) is 0 Å². The first kappa shape index (κ1) is 18.2. The van der Waals surface area contributed by atoms with E-state index in [0.717, 1.165) is 5.69 Å². The number of hydrogen-bond donors (Lipinski definition) is 0. The second kappa shape index (κ2) is 7.71. The molecule has 26 heavy (non-hydrogen) atoms. The van der Waals surface area contributed by atoms with Crippen molar-refractivity contribution in [2.45, 2.75) is 6.54 Å². The summed E-state index contributed by atoms with van der Waals surface area (Å²) in [5.74, 6) is -0.706. The molecule has 0 saturated carbocycles. The fraction of sp³-hybridized carbons (Fsp3) is 0.375. The van der Waals surface area contributed by atoms with E-state index in [-0.39, 0.29) is 16.3 Å². The van der Waals surface area contributed by atoms with Crippen molar-refractivity contribution in [2.24, 2.45) is 0 Å². The second-order valence-electron chi connectivity index (χ2n) is 5.82. The highest BCUT2D eigenvalue weighted by Gasteiger charge is 2.27. The van der Waals surface area contributed by atoms with Crippen molar-refractivity contribution in [2.75, 3.05) is 38.2 Å². The van der Waals surface area contributed by atoms with Gasteiger partial charge in [-0.05, 0) is 6.07 Å². The number of methoxy groups -OCH3 is 1. The first-order valence-corrected chi connectivity index (χ1v) is 8.30. The Morgan fingerprint density at radius 2 is 2.12 bits per heavy atom. The predicted octanol–water partition coefficient (Wildman–Crippen LogP) is 2.35. The summed E-state index contributed by atoms with van der Waals surface area (Å²) in [6.45, 7) is 3.26. The fourth-order valence-electron chi connectivity index (χ4n) is 2.91. The van der Waals surface area contributed by atoms with E-state index in [4.69, 9.17) is 16.1 Å². The van der Waals surface area contributed by atoms with Gasteiger partial charge >= 0.3 is 5.97 Å². The minimum Gasteiger partial charge on any atom is -0.465 e. The van der Waals surface area contributed by atoms with Crippen molar-refractivity contribution < 1.29 is 19.0 Å². The lowest BCUT2D eigenvalue weighted by molar-refractivity contribution is -0.384. The summed E-state index contributed by atoms with van der Waals surface area (Å²) < 4.78 is 9.45. The van der Waals surface area contributed by atoms with Gasteiger partial charge in [-0.1, -0.05) is 16.8 Å². The van der Waals surface area contributed by atoms with Crippen LogP contribution in [0.3, 0.4) is 0 Å². The fourth-order valence-corrected chi connectivity index (χ4v) is 3.15. The Bertz CT molecular complexity index is 803. The van der Waals surface area contributed by atoms with Crippen molar-refractivity contribution in [3.05, 3.63) is 50.9 Å². The minimum absolute atomic E-state index is 0.0192. The normalized spacial score (nSPS) is 15.1. The molecule has 0 spiro atoms. The number of anilines is 1. The molecule has 9 nitrogen and oxygen atoms in total. The van der Waals surface area contributed by atoms with Gasteiger partial charge in [-0.25, -0.2) is 4.79 Å². The van der Waals surface area contributed by atoms with Crippen LogP contribution in [0.15, 0.2) is 29.0 Å². The molecule has 3 rings (SSSR count). The number of hydrogen-bond acceptors (Lipinski definition) is 8. The zero-order chi connectivity index (χ0) is 18.7. The molecule has 1 aromatic carbocycles. The molecule has 2 aromatic rings. The van der Waals surface area contributed by atoms with Crippen LogP contribution in [-0.4, -0.2) is 54.2 Å². The Labute approximate surface area is 154 Å². The average molecular weight is 381 g/mol. The van der Waals surface area contributed by atoms with Crippen LogP contribution >= 0.6 is 11.6 Å². The van der Waals surface area contributed by atoms with Gasteiger partial charge in [-0.15, -0.1) is 0 Å². The van der Waals surface area contributed by atoms with Gasteiger partial charge in [0, 0.05) is 44.9 Å². The van der Waals surface area contributed by atoms with Crippen molar-refractivity contribution in [3.63, 3.8) is 0 Å². The number of piperazine rings is 1. The van der Waals surface area contributed by atoms with Crippen LogP contribution in [0.4, 0.5) is 11.4 Å². The summed E-state index contributed by atoms with van der Waals surface area (Å²) in [5, 5.41) is 15.5. The summed E-state index contributed by atoms with van der Waals surface area (Å²) in [5.41, 5.74) is 1.05. The van der Waals surface area contributed by atoms with Crippen molar-refractivity contribution in [3.8, 4) is 0 Å². The van der Waals surface area contributed by atoms with Crippen LogP contribution in [0, 0.1) is 10.1 Å². The molecule has 0 N–H and O–H groups in total. The third-order valence-corrected chi connectivity index (χ3v) is 4.57. The SMILES string of the molecule is COC(=O)c1cc([N+](=O)[O-])c(N2CCN(Cc3ccon3)CC2)cc1Cl. The number of nitro groups is 1. The van der Waals surface area contributed by atoms with Crippen molar-refractivity contribution >= 4 is 28.9 Å². The molecule has 10 heteroatoms. The van der Waals surface area contributed by atoms with E-state index in [9.17, 15) is 14.9 Å². The summed E-state index contributed by atoms with van der Waals surface area (Å²) in [7, 11) is 1.20. The summed E-state index contributed by atoms with van der Waals surface area (Å²) in [6.07, 6.45) is 1.53. The maximum absolute atomic E-state index is 11.7. The predicted molar refractivity (Wildman–Crippen MR) is 93.4 cm³/mol. The van der Waals surface area contributed by atoms with E-state index in [1.54, 1.807) is 0 Å². The lowest BCUT2D eigenvalue weighted by Gasteiger charge is -2.35. The van der Waals surface area contributed by atoms with Gasteiger partial charge in [0.2, 0.25) is 0 Å². The quantitative estimate of drug-likeness (QED) is 0.442. The average Bonchev–Trinajstić information content (AvgIpc) is 3.14. The maximum Gasteiger partial charge on any atom is 0.339 e. The highest BCUT2D eigenvalue weighted by atomic mass is 35.5. The molecule has 0 unspecified atom stereocenters. The number of ether oxygens (including phenoxy) is 1. The number of carbonyl (C=O) groups is 1. The largest absolute Gasteiger partial charge is 0.465 e. The smallest absolute Gasteiger partial charge is 0.339 e. The molecule has 0 radical (unpaired) electrons. The zero-order valence-electron chi connectivity index (χ0n) is 14.1.